The van der Waals surface area contributed by atoms with Crippen molar-refractivity contribution in [2.75, 3.05) is 18.4 Å². The first-order chi connectivity index (χ1) is 9.74. The fraction of sp³-hybridized carbons (Fsp3) is 0.533. The van der Waals surface area contributed by atoms with Crippen molar-refractivity contribution in [3.63, 3.8) is 0 Å². The Morgan fingerprint density at radius 1 is 1.48 bits per heavy atom. The summed E-state index contributed by atoms with van der Waals surface area (Å²) in [5.74, 6) is -0.244. The van der Waals surface area contributed by atoms with Crippen LogP contribution in [0.15, 0.2) is 18.2 Å². The molecule has 1 saturated heterocycles. The first-order valence-corrected chi connectivity index (χ1v) is 8.02. The number of amides is 1. The zero-order valence-electron chi connectivity index (χ0n) is 12.5. The number of carbonyl (C=O) groups is 1. The lowest BCUT2D eigenvalue weighted by atomic mass is 10.2. The molecule has 0 bridgehead atoms. The molecule has 2 rings (SSSR count). The van der Waals surface area contributed by atoms with Crippen LogP contribution in [0.1, 0.15) is 27.2 Å². The molecule has 0 aromatic heterocycles. The molecule has 1 fully saturated rings. The van der Waals surface area contributed by atoms with Crippen molar-refractivity contribution < 1.29 is 13.9 Å². The molecule has 1 unspecified atom stereocenters. The van der Waals surface area contributed by atoms with Crippen LogP contribution < -0.4 is 5.32 Å². The van der Waals surface area contributed by atoms with Gasteiger partial charge in [-0.15, -0.1) is 0 Å². The van der Waals surface area contributed by atoms with Gasteiger partial charge in [0.2, 0.25) is 0 Å². The van der Waals surface area contributed by atoms with Gasteiger partial charge >= 0.3 is 6.09 Å². The maximum Gasteiger partial charge on any atom is 0.410 e. The lowest BCUT2D eigenvalue weighted by molar-refractivity contribution is 0.0293. The van der Waals surface area contributed by atoms with Crippen LogP contribution in [0.25, 0.3) is 0 Å². The van der Waals surface area contributed by atoms with E-state index in [1.165, 1.54) is 12.1 Å². The van der Waals surface area contributed by atoms with Gasteiger partial charge in [0.15, 0.2) is 0 Å². The molecule has 116 valence electrons. The third-order valence-electron chi connectivity index (χ3n) is 3.13. The van der Waals surface area contributed by atoms with E-state index in [1.807, 2.05) is 20.8 Å². The second-order valence-corrected chi connectivity index (χ2v) is 7.34. The van der Waals surface area contributed by atoms with E-state index in [4.69, 9.17) is 4.74 Å². The minimum Gasteiger partial charge on any atom is -0.444 e. The number of carbonyl (C=O) groups excluding carboxylic acids is 1. The molecule has 6 heteroatoms. The number of likely N-dealkylation sites (tertiary alicyclic amines) is 1. The molecule has 1 N–H and O–H groups in total. The third kappa shape index (κ3) is 4.72. The summed E-state index contributed by atoms with van der Waals surface area (Å²) in [5, 5.41) is 3.36. The molecule has 0 aliphatic carbocycles. The van der Waals surface area contributed by atoms with Crippen molar-refractivity contribution in [1.82, 2.24) is 4.90 Å². The van der Waals surface area contributed by atoms with Crippen molar-refractivity contribution in [3.8, 4) is 0 Å². The summed E-state index contributed by atoms with van der Waals surface area (Å²) in [6, 6.07) is 4.82. The first-order valence-electron chi connectivity index (χ1n) is 6.94. The van der Waals surface area contributed by atoms with E-state index >= 15 is 0 Å². The second kappa shape index (κ2) is 6.37. The van der Waals surface area contributed by atoms with Crippen molar-refractivity contribution >= 4 is 34.4 Å². The Balaban J connectivity index is 1.92. The fourth-order valence-electron chi connectivity index (χ4n) is 2.20. The number of benzene rings is 1. The SMILES string of the molecule is CC(C)(C)OC(=O)N1CCC(Nc2ccc(F)cc2I)C1. The summed E-state index contributed by atoms with van der Waals surface area (Å²) in [7, 11) is 0. The van der Waals surface area contributed by atoms with Gasteiger partial charge in [-0.25, -0.2) is 9.18 Å². The van der Waals surface area contributed by atoms with E-state index < -0.39 is 5.60 Å². The van der Waals surface area contributed by atoms with Crippen LogP contribution in [-0.2, 0) is 4.74 Å². The Morgan fingerprint density at radius 3 is 2.81 bits per heavy atom. The lowest BCUT2D eigenvalue weighted by Gasteiger charge is -2.24. The van der Waals surface area contributed by atoms with Crippen molar-refractivity contribution in [2.45, 2.75) is 38.8 Å². The van der Waals surface area contributed by atoms with Crippen molar-refractivity contribution in [2.24, 2.45) is 0 Å². The minimum absolute atomic E-state index is 0.163. The molecule has 1 aliphatic rings. The van der Waals surface area contributed by atoms with Gasteiger partial charge in [-0.2, -0.15) is 0 Å². The van der Waals surface area contributed by atoms with Gasteiger partial charge in [0, 0.05) is 28.4 Å². The minimum atomic E-state index is -0.477. The molecular formula is C15H20FIN2O2. The molecule has 0 spiro atoms. The topological polar surface area (TPSA) is 41.6 Å². The highest BCUT2D eigenvalue weighted by Crippen LogP contribution is 2.23. The number of nitrogens with zero attached hydrogens (tertiary/aromatic N) is 1. The van der Waals surface area contributed by atoms with Gasteiger partial charge in [-0.3, -0.25) is 0 Å². The van der Waals surface area contributed by atoms with E-state index in [2.05, 4.69) is 27.9 Å². The fourth-order valence-corrected chi connectivity index (χ4v) is 2.83. The number of ether oxygens (including phenoxy) is 1. The van der Waals surface area contributed by atoms with Gasteiger partial charge in [0.25, 0.3) is 0 Å². The predicted octanol–water partition coefficient (Wildman–Crippen LogP) is 3.85. The summed E-state index contributed by atoms with van der Waals surface area (Å²) in [6.45, 7) is 6.85. The van der Waals surface area contributed by atoms with Crippen LogP contribution in [-0.4, -0.2) is 35.7 Å². The number of nitrogens with one attached hydrogen (secondary N) is 1. The molecule has 4 nitrogen and oxygen atoms in total. The summed E-state index contributed by atoms with van der Waals surface area (Å²) in [5.41, 5.74) is 0.419. The van der Waals surface area contributed by atoms with E-state index in [0.29, 0.717) is 13.1 Å². The van der Waals surface area contributed by atoms with Crippen molar-refractivity contribution in [1.29, 1.82) is 0 Å². The molecule has 1 amide bonds. The average Bonchev–Trinajstić information content (AvgIpc) is 2.79. The first kappa shape index (κ1) is 16.3. The number of hydrogen-bond acceptors (Lipinski definition) is 3. The lowest BCUT2D eigenvalue weighted by Crippen LogP contribution is -2.36. The Bertz CT molecular complexity index is 531. The number of rotatable bonds is 2. The number of hydrogen-bond donors (Lipinski definition) is 1. The summed E-state index contributed by atoms with van der Waals surface area (Å²) in [4.78, 5) is 13.7. The van der Waals surface area contributed by atoms with Gasteiger partial charge < -0.3 is 15.0 Å². The van der Waals surface area contributed by atoms with Crippen LogP contribution in [0.3, 0.4) is 0 Å². The molecular weight excluding hydrogens is 386 g/mol. The van der Waals surface area contributed by atoms with Crippen molar-refractivity contribution in [3.05, 3.63) is 27.6 Å². The zero-order valence-corrected chi connectivity index (χ0v) is 14.6. The smallest absolute Gasteiger partial charge is 0.410 e. The predicted molar refractivity (Wildman–Crippen MR) is 89.0 cm³/mol. The molecule has 1 heterocycles. The van der Waals surface area contributed by atoms with Gasteiger partial charge in [0.05, 0.1) is 0 Å². The van der Waals surface area contributed by atoms with E-state index in [9.17, 15) is 9.18 Å². The summed E-state index contributed by atoms with van der Waals surface area (Å²) < 4.78 is 19.3. The normalized spacial score (nSPS) is 18.7. The largest absolute Gasteiger partial charge is 0.444 e. The number of anilines is 1. The van der Waals surface area contributed by atoms with Crippen LogP contribution >= 0.6 is 22.6 Å². The summed E-state index contributed by atoms with van der Waals surface area (Å²) in [6.07, 6.45) is 0.577. The van der Waals surface area contributed by atoms with Gasteiger partial charge in [-0.1, -0.05) is 0 Å². The van der Waals surface area contributed by atoms with Gasteiger partial charge in [-0.05, 0) is 68.0 Å². The highest BCUT2D eigenvalue weighted by atomic mass is 127. The van der Waals surface area contributed by atoms with Crippen LogP contribution in [0.4, 0.5) is 14.9 Å². The molecule has 1 aromatic carbocycles. The second-order valence-electron chi connectivity index (χ2n) is 6.18. The van der Waals surface area contributed by atoms with Crippen LogP contribution in [0.2, 0.25) is 0 Å². The van der Waals surface area contributed by atoms with Crippen LogP contribution in [0.5, 0.6) is 0 Å². The highest BCUT2D eigenvalue weighted by Gasteiger charge is 2.29. The van der Waals surface area contributed by atoms with Gasteiger partial charge in [0.1, 0.15) is 11.4 Å². The monoisotopic (exact) mass is 406 g/mol. The Labute approximate surface area is 138 Å². The third-order valence-corrected chi connectivity index (χ3v) is 4.02. The Hall–Kier alpha value is -1.05. The molecule has 1 atom stereocenters. The van der Waals surface area contributed by atoms with E-state index in [1.54, 1.807) is 11.0 Å². The molecule has 0 saturated carbocycles. The Kier molecular flexibility index (Phi) is 4.95. The average molecular weight is 406 g/mol. The molecule has 0 radical (unpaired) electrons. The maximum absolute atomic E-state index is 13.1. The molecule has 1 aliphatic heterocycles. The zero-order chi connectivity index (χ0) is 15.6. The number of halogens is 2. The maximum atomic E-state index is 13.1. The quantitative estimate of drug-likeness (QED) is 0.759. The highest BCUT2D eigenvalue weighted by molar-refractivity contribution is 14.1. The molecule has 1 aromatic rings. The summed E-state index contributed by atoms with van der Waals surface area (Å²) >= 11 is 2.10. The Morgan fingerprint density at radius 2 is 2.19 bits per heavy atom. The molecule has 21 heavy (non-hydrogen) atoms. The van der Waals surface area contributed by atoms with Crippen LogP contribution in [0, 0.1) is 9.39 Å². The van der Waals surface area contributed by atoms with E-state index in [0.717, 1.165) is 15.7 Å². The standard InChI is InChI=1S/C15H20FIN2O2/c1-15(2,3)21-14(20)19-7-6-11(9-19)18-13-5-4-10(16)8-12(13)17/h4-5,8,11,18H,6-7,9H2,1-3H3. The van der Waals surface area contributed by atoms with E-state index in [-0.39, 0.29) is 18.0 Å².